The molecule has 0 aliphatic rings. The van der Waals surface area contributed by atoms with E-state index >= 15 is 0 Å². The van der Waals surface area contributed by atoms with E-state index in [1.807, 2.05) is 49.4 Å². The van der Waals surface area contributed by atoms with Gasteiger partial charge in [0.25, 0.3) is 5.91 Å². The fourth-order valence-electron chi connectivity index (χ4n) is 3.20. The molecular weight excluding hydrogens is 439 g/mol. The summed E-state index contributed by atoms with van der Waals surface area (Å²) in [4.78, 5) is 17.8. The molecule has 0 saturated heterocycles. The van der Waals surface area contributed by atoms with E-state index in [1.165, 1.54) is 11.3 Å². The first-order chi connectivity index (χ1) is 14.5. The Morgan fingerprint density at radius 1 is 1.07 bits per heavy atom. The monoisotopic (exact) mass is 452 g/mol. The molecular formula is C23H14Cl2N2O2S. The quantitative estimate of drug-likeness (QED) is 0.306. The number of fused-ring (bicyclic) bond motifs is 2. The van der Waals surface area contributed by atoms with Gasteiger partial charge in [-0.15, -0.1) is 11.3 Å². The van der Waals surface area contributed by atoms with E-state index in [-0.39, 0.29) is 5.91 Å². The van der Waals surface area contributed by atoms with Crippen LogP contribution in [0.1, 0.15) is 15.2 Å². The van der Waals surface area contributed by atoms with Gasteiger partial charge in [0.2, 0.25) is 5.89 Å². The van der Waals surface area contributed by atoms with Crippen molar-refractivity contribution in [2.75, 3.05) is 5.32 Å². The number of thiophene rings is 1. The largest absolute Gasteiger partial charge is 0.436 e. The van der Waals surface area contributed by atoms with Crippen molar-refractivity contribution in [1.29, 1.82) is 0 Å². The van der Waals surface area contributed by atoms with Crippen LogP contribution in [0.15, 0.2) is 65.1 Å². The van der Waals surface area contributed by atoms with Crippen LogP contribution in [0.3, 0.4) is 0 Å². The van der Waals surface area contributed by atoms with E-state index in [0.717, 1.165) is 21.2 Å². The van der Waals surface area contributed by atoms with Gasteiger partial charge in [-0.25, -0.2) is 4.98 Å². The minimum Gasteiger partial charge on any atom is -0.436 e. The van der Waals surface area contributed by atoms with Crippen molar-refractivity contribution in [2.45, 2.75) is 6.92 Å². The molecule has 0 aliphatic carbocycles. The maximum absolute atomic E-state index is 12.8. The topological polar surface area (TPSA) is 55.1 Å². The predicted molar refractivity (Wildman–Crippen MR) is 124 cm³/mol. The van der Waals surface area contributed by atoms with Crippen LogP contribution in [0.25, 0.3) is 32.6 Å². The van der Waals surface area contributed by atoms with Crippen molar-refractivity contribution in [3.05, 3.63) is 81.1 Å². The van der Waals surface area contributed by atoms with Gasteiger partial charge in [-0.3, -0.25) is 4.79 Å². The second-order valence-electron chi connectivity index (χ2n) is 6.86. The van der Waals surface area contributed by atoms with Gasteiger partial charge in [-0.1, -0.05) is 47.5 Å². The fourth-order valence-corrected chi connectivity index (χ4v) is 4.80. The Morgan fingerprint density at radius 3 is 2.70 bits per heavy atom. The number of hydrogen-bond donors (Lipinski definition) is 1. The predicted octanol–water partition coefficient (Wildman–Crippen LogP) is 7.58. The van der Waals surface area contributed by atoms with E-state index < -0.39 is 0 Å². The van der Waals surface area contributed by atoms with E-state index in [0.29, 0.717) is 37.6 Å². The normalized spacial score (nSPS) is 11.3. The fraction of sp³-hybridized carbons (Fsp3) is 0.0435. The highest BCUT2D eigenvalue weighted by Crippen LogP contribution is 2.36. The summed E-state index contributed by atoms with van der Waals surface area (Å²) in [5, 5.41) is 4.90. The standard InChI is InChI=1S/C23H14Cl2N2O2S/c1-12-6-7-13(10-16(12)24)23-27-17-11-14(8-9-18(17)29-23)26-22(28)21-20(25)15-4-2-3-5-19(15)30-21/h2-11H,1H3,(H,26,28). The molecule has 1 N–H and O–H groups in total. The summed E-state index contributed by atoms with van der Waals surface area (Å²) in [5.74, 6) is 0.220. The third kappa shape index (κ3) is 3.35. The summed E-state index contributed by atoms with van der Waals surface area (Å²) in [7, 11) is 0. The number of benzene rings is 3. The third-order valence-corrected chi connectivity index (χ3v) is 6.89. The molecule has 30 heavy (non-hydrogen) atoms. The maximum atomic E-state index is 12.8. The molecule has 0 bridgehead atoms. The number of nitrogens with zero attached hydrogens (tertiary/aromatic N) is 1. The van der Waals surface area contributed by atoms with Crippen LogP contribution in [-0.4, -0.2) is 10.9 Å². The number of anilines is 1. The highest BCUT2D eigenvalue weighted by atomic mass is 35.5. The van der Waals surface area contributed by atoms with Gasteiger partial charge in [0, 0.05) is 26.4 Å². The van der Waals surface area contributed by atoms with Gasteiger partial charge < -0.3 is 9.73 Å². The van der Waals surface area contributed by atoms with Gasteiger partial charge in [-0.2, -0.15) is 0 Å². The lowest BCUT2D eigenvalue weighted by Crippen LogP contribution is -2.10. The van der Waals surface area contributed by atoms with Crippen molar-refractivity contribution < 1.29 is 9.21 Å². The Balaban J connectivity index is 1.45. The zero-order valence-corrected chi connectivity index (χ0v) is 18.0. The summed E-state index contributed by atoms with van der Waals surface area (Å²) >= 11 is 14.0. The van der Waals surface area contributed by atoms with Gasteiger partial charge >= 0.3 is 0 Å². The second-order valence-corrected chi connectivity index (χ2v) is 8.70. The van der Waals surface area contributed by atoms with Crippen LogP contribution < -0.4 is 5.32 Å². The van der Waals surface area contributed by atoms with Crippen LogP contribution in [0.2, 0.25) is 10.0 Å². The van der Waals surface area contributed by atoms with Crippen LogP contribution in [0, 0.1) is 6.92 Å². The summed E-state index contributed by atoms with van der Waals surface area (Å²) in [5.41, 5.74) is 3.66. The number of carbonyl (C=O) groups is 1. The Labute approximate surface area is 186 Å². The van der Waals surface area contributed by atoms with Crippen LogP contribution in [-0.2, 0) is 0 Å². The summed E-state index contributed by atoms with van der Waals surface area (Å²) in [6.07, 6.45) is 0. The molecule has 0 aliphatic heterocycles. The summed E-state index contributed by atoms with van der Waals surface area (Å²) in [6.45, 7) is 1.94. The number of halogens is 2. The Morgan fingerprint density at radius 2 is 1.90 bits per heavy atom. The SMILES string of the molecule is Cc1ccc(-c2nc3cc(NC(=O)c4sc5ccccc5c4Cl)ccc3o2)cc1Cl. The van der Waals surface area contributed by atoms with E-state index in [1.54, 1.807) is 18.2 Å². The van der Waals surface area contributed by atoms with Gasteiger partial charge in [0.1, 0.15) is 10.4 Å². The highest BCUT2D eigenvalue weighted by molar-refractivity contribution is 7.21. The van der Waals surface area contributed by atoms with Gasteiger partial charge in [0.05, 0.1) is 5.02 Å². The zero-order chi connectivity index (χ0) is 20.8. The third-order valence-electron chi connectivity index (χ3n) is 4.81. The molecule has 0 saturated carbocycles. The molecule has 3 aromatic carbocycles. The molecule has 0 spiro atoms. The van der Waals surface area contributed by atoms with Gasteiger partial charge in [0.15, 0.2) is 5.58 Å². The number of carbonyl (C=O) groups excluding carboxylic acids is 1. The first-order valence-electron chi connectivity index (χ1n) is 9.15. The lowest BCUT2D eigenvalue weighted by atomic mass is 10.1. The van der Waals surface area contributed by atoms with Crippen molar-refractivity contribution >= 4 is 67.3 Å². The Kier molecular flexibility index (Phi) is 4.74. The Hall–Kier alpha value is -2.86. The average molecular weight is 453 g/mol. The van der Waals surface area contributed by atoms with Crippen LogP contribution in [0.4, 0.5) is 5.69 Å². The summed E-state index contributed by atoms with van der Waals surface area (Å²) < 4.78 is 6.82. The molecule has 5 rings (SSSR count). The van der Waals surface area contributed by atoms with Crippen LogP contribution >= 0.6 is 34.5 Å². The number of aryl methyl sites for hydroxylation is 1. The first-order valence-corrected chi connectivity index (χ1v) is 10.7. The highest BCUT2D eigenvalue weighted by Gasteiger charge is 2.18. The lowest BCUT2D eigenvalue weighted by Gasteiger charge is -2.03. The molecule has 0 radical (unpaired) electrons. The molecule has 2 aromatic heterocycles. The molecule has 7 heteroatoms. The molecule has 4 nitrogen and oxygen atoms in total. The number of hydrogen-bond acceptors (Lipinski definition) is 4. The molecule has 148 valence electrons. The molecule has 0 atom stereocenters. The smallest absolute Gasteiger partial charge is 0.267 e. The summed E-state index contributed by atoms with van der Waals surface area (Å²) in [6, 6.07) is 18.7. The van der Waals surface area contributed by atoms with Gasteiger partial charge in [-0.05, 0) is 48.9 Å². The minimum absolute atomic E-state index is 0.255. The van der Waals surface area contributed by atoms with Crippen molar-refractivity contribution in [1.82, 2.24) is 4.98 Å². The van der Waals surface area contributed by atoms with Crippen molar-refractivity contribution in [2.24, 2.45) is 0 Å². The number of aromatic nitrogens is 1. The zero-order valence-electron chi connectivity index (χ0n) is 15.7. The average Bonchev–Trinajstić information content (AvgIpc) is 3.31. The Bertz CT molecular complexity index is 1440. The van der Waals surface area contributed by atoms with E-state index in [4.69, 9.17) is 27.6 Å². The maximum Gasteiger partial charge on any atom is 0.267 e. The first kappa shape index (κ1) is 19.1. The molecule has 5 aromatic rings. The molecule has 0 unspecified atom stereocenters. The van der Waals surface area contributed by atoms with E-state index in [2.05, 4.69) is 10.3 Å². The van der Waals surface area contributed by atoms with Crippen molar-refractivity contribution in [3.8, 4) is 11.5 Å². The lowest BCUT2D eigenvalue weighted by molar-refractivity contribution is 0.103. The number of nitrogens with one attached hydrogen (secondary N) is 1. The van der Waals surface area contributed by atoms with Crippen LogP contribution in [0.5, 0.6) is 0 Å². The van der Waals surface area contributed by atoms with E-state index in [9.17, 15) is 4.79 Å². The molecule has 0 fully saturated rings. The number of oxazole rings is 1. The molecule has 1 amide bonds. The second kappa shape index (κ2) is 7.43. The molecule has 2 heterocycles. The number of amides is 1. The number of rotatable bonds is 3. The minimum atomic E-state index is -0.255. The van der Waals surface area contributed by atoms with Crippen molar-refractivity contribution in [3.63, 3.8) is 0 Å².